The van der Waals surface area contributed by atoms with Gasteiger partial charge >= 0.3 is 0 Å². The molecule has 0 saturated heterocycles. The fourth-order valence-electron chi connectivity index (χ4n) is 3.05. The molecular weight excluding hydrogens is 493 g/mol. The largest absolute Gasteiger partial charge is 0.508 e. The number of aromatic hydroxyl groups is 1. The molecule has 7 nitrogen and oxygen atoms in total. The van der Waals surface area contributed by atoms with Crippen LogP contribution in [0.5, 0.6) is 5.75 Å². The second-order valence-electron chi connectivity index (χ2n) is 7.19. The van der Waals surface area contributed by atoms with Gasteiger partial charge in [0.2, 0.25) is 0 Å². The third-order valence-electron chi connectivity index (χ3n) is 4.79. The van der Waals surface area contributed by atoms with Crippen molar-refractivity contribution in [2.45, 2.75) is 12.1 Å². The van der Waals surface area contributed by atoms with E-state index in [1.54, 1.807) is 55.5 Å². The van der Waals surface area contributed by atoms with Gasteiger partial charge in [-0.15, -0.1) is 10.2 Å². The van der Waals surface area contributed by atoms with Crippen molar-refractivity contribution in [1.29, 1.82) is 0 Å². The minimum absolute atomic E-state index is 0.0820. The summed E-state index contributed by atoms with van der Waals surface area (Å²) in [6.45, 7) is 1.77. The molecule has 0 radical (unpaired) electrons. The van der Waals surface area contributed by atoms with E-state index in [-0.39, 0.29) is 17.4 Å². The summed E-state index contributed by atoms with van der Waals surface area (Å²) in [7, 11) is 0. The van der Waals surface area contributed by atoms with Crippen LogP contribution in [-0.4, -0.2) is 37.2 Å². The first-order chi connectivity index (χ1) is 16.4. The molecule has 4 aromatic rings. The van der Waals surface area contributed by atoms with Crippen molar-refractivity contribution in [3.05, 3.63) is 88.4 Å². The number of phenols is 1. The highest BCUT2D eigenvalue weighted by atomic mass is 35.5. The molecule has 34 heavy (non-hydrogen) atoms. The van der Waals surface area contributed by atoms with Crippen molar-refractivity contribution in [1.82, 2.24) is 20.2 Å². The van der Waals surface area contributed by atoms with Crippen LogP contribution in [0.4, 0.5) is 0 Å². The second kappa shape index (κ2) is 10.7. The minimum Gasteiger partial charge on any atom is -0.508 e. The highest BCUT2D eigenvalue weighted by Crippen LogP contribution is 2.29. The molecule has 0 spiro atoms. The van der Waals surface area contributed by atoms with Gasteiger partial charge in [-0.2, -0.15) is 5.10 Å². The Bertz CT molecular complexity index is 1320. The van der Waals surface area contributed by atoms with Gasteiger partial charge in [-0.05, 0) is 85.3 Å². The van der Waals surface area contributed by atoms with Gasteiger partial charge in [0.1, 0.15) is 5.75 Å². The molecule has 10 heteroatoms. The Balaban J connectivity index is 1.52. The third-order valence-corrected chi connectivity index (χ3v) is 6.22. The van der Waals surface area contributed by atoms with Crippen LogP contribution in [0.2, 0.25) is 10.0 Å². The van der Waals surface area contributed by atoms with Crippen LogP contribution in [0.1, 0.15) is 12.5 Å². The van der Waals surface area contributed by atoms with Crippen LogP contribution in [0, 0.1) is 0 Å². The zero-order chi connectivity index (χ0) is 24.1. The van der Waals surface area contributed by atoms with E-state index in [0.29, 0.717) is 26.7 Å². The lowest BCUT2D eigenvalue weighted by Crippen LogP contribution is -2.21. The molecule has 1 amide bonds. The standard InChI is InChI=1S/C24H19Cl2N5O2S/c1-15(16-4-12-21(32)13-5-16)27-28-22(33)14-34-24-30-29-23(17-2-6-18(25)7-3-17)31(24)20-10-8-19(26)9-11-20/h2-13,32H,14H2,1H3,(H,28,33)/b27-15+. The maximum absolute atomic E-state index is 12.4. The maximum atomic E-state index is 12.4. The van der Waals surface area contributed by atoms with E-state index in [1.165, 1.54) is 11.8 Å². The van der Waals surface area contributed by atoms with Gasteiger partial charge < -0.3 is 5.11 Å². The predicted octanol–water partition coefficient (Wildman–Crippen LogP) is 5.58. The summed E-state index contributed by atoms with van der Waals surface area (Å²) in [5, 5.41) is 24.0. The van der Waals surface area contributed by atoms with Crippen LogP contribution in [0.25, 0.3) is 17.1 Å². The Morgan fingerprint density at radius 3 is 2.24 bits per heavy atom. The van der Waals surface area contributed by atoms with Crippen LogP contribution in [-0.2, 0) is 4.79 Å². The molecule has 0 atom stereocenters. The summed E-state index contributed by atoms with van der Waals surface area (Å²) in [6, 6.07) is 21.2. The quantitative estimate of drug-likeness (QED) is 0.192. The summed E-state index contributed by atoms with van der Waals surface area (Å²) in [6.07, 6.45) is 0. The molecule has 0 aliphatic rings. The number of rotatable bonds is 7. The first-order valence-corrected chi connectivity index (χ1v) is 11.9. The van der Waals surface area contributed by atoms with Crippen LogP contribution < -0.4 is 5.43 Å². The molecule has 2 N–H and O–H groups in total. The molecule has 0 aliphatic carbocycles. The van der Waals surface area contributed by atoms with Gasteiger partial charge in [-0.1, -0.05) is 35.0 Å². The Hall–Kier alpha value is -3.33. The SMILES string of the molecule is C/C(=N\NC(=O)CSc1nnc(-c2ccc(Cl)cc2)n1-c1ccc(Cl)cc1)c1ccc(O)cc1. The van der Waals surface area contributed by atoms with Crippen molar-refractivity contribution in [3.8, 4) is 22.8 Å². The summed E-state index contributed by atoms with van der Waals surface area (Å²) < 4.78 is 1.86. The first-order valence-electron chi connectivity index (χ1n) is 10.1. The molecule has 3 aromatic carbocycles. The van der Waals surface area contributed by atoms with Gasteiger partial charge in [0.05, 0.1) is 11.5 Å². The number of hydrazone groups is 1. The van der Waals surface area contributed by atoms with Crippen molar-refractivity contribution in [2.24, 2.45) is 5.10 Å². The van der Waals surface area contributed by atoms with Crippen LogP contribution in [0.15, 0.2) is 83.1 Å². The molecule has 4 rings (SSSR count). The van der Waals surface area contributed by atoms with Crippen molar-refractivity contribution < 1.29 is 9.90 Å². The van der Waals surface area contributed by atoms with Crippen LogP contribution >= 0.6 is 35.0 Å². The molecular formula is C24H19Cl2N5O2S. The maximum Gasteiger partial charge on any atom is 0.250 e. The number of hydrogen-bond donors (Lipinski definition) is 2. The fourth-order valence-corrected chi connectivity index (χ4v) is 4.04. The highest BCUT2D eigenvalue weighted by molar-refractivity contribution is 7.99. The monoisotopic (exact) mass is 511 g/mol. The molecule has 0 aliphatic heterocycles. The minimum atomic E-state index is -0.290. The van der Waals surface area contributed by atoms with E-state index < -0.39 is 0 Å². The topological polar surface area (TPSA) is 92.4 Å². The number of aromatic nitrogens is 3. The molecule has 1 aromatic heterocycles. The van der Waals surface area contributed by atoms with Gasteiger partial charge in [0.15, 0.2) is 11.0 Å². The number of hydrogen-bond acceptors (Lipinski definition) is 6. The summed E-state index contributed by atoms with van der Waals surface area (Å²) in [4.78, 5) is 12.4. The second-order valence-corrected chi connectivity index (χ2v) is 9.01. The number of benzene rings is 3. The van der Waals surface area contributed by atoms with E-state index in [2.05, 4.69) is 20.7 Å². The number of nitrogens with zero attached hydrogens (tertiary/aromatic N) is 4. The Kier molecular flexibility index (Phi) is 7.52. The normalized spacial score (nSPS) is 11.4. The Morgan fingerprint density at radius 1 is 0.971 bits per heavy atom. The smallest absolute Gasteiger partial charge is 0.250 e. The summed E-state index contributed by atoms with van der Waals surface area (Å²) in [5.74, 6) is 0.572. The van der Waals surface area contributed by atoms with E-state index in [1.807, 2.05) is 28.8 Å². The number of carbonyl (C=O) groups is 1. The molecule has 0 saturated carbocycles. The van der Waals surface area contributed by atoms with Crippen LogP contribution in [0.3, 0.4) is 0 Å². The highest BCUT2D eigenvalue weighted by Gasteiger charge is 2.17. The number of thioether (sulfide) groups is 1. The number of halogens is 2. The lowest BCUT2D eigenvalue weighted by Gasteiger charge is -2.10. The fraction of sp³-hybridized carbons (Fsp3) is 0.0833. The number of phenolic OH excluding ortho intramolecular Hbond substituents is 1. The molecule has 1 heterocycles. The average molecular weight is 512 g/mol. The molecule has 172 valence electrons. The van der Waals surface area contributed by atoms with Gasteiger partial charge in [0, 0.05) is 21.3 Å². The average Bonchev–Trinajstić information content (AvgIpc) is 3.26. The van der Waals surface area contributed by atoms with Gasteiger partial charge in [-0.25, -0.2) is 5.43 Å². The number of amides is 1. The van der Waals surface area contributed by atoms with Crippen molar-refractivity contribution >= 4 is 46.6 Å². The Labute approximate surface area is 210 Å². The lowest BCUT2D eigenvalue weighted by molar-refractivity contribution is -0.118. The Morgan fingerprint density at radius 2 is 1.59 bits per heavy atom. The van der Waals surface area contributed by atoms with E-state index in [4.69, 9.17) is 23.2 Å². The zero-order valence-electron chi connectivity index (χ0n) is 17.9. The zero-order valence-corrected chi connectivity index (χ0v) is 20.3. The van der Waals surface area contributed by atoms with Gasteiger partial charge in [0.25, 0.3) is 5.91 Å². The van der Waals surface area contributed by atoms with E-state index in [9.17, 15) is 9.90 Å². The van der Waals surface area contributed by atoms with E-state index >= 15 is 0 Å². The summed E-state index contributed by atoms with van der Waals surface area (Å²) >= 11 is 13.3. The van der Waals surface area contributed by atoms with Gasteiger partial charge in [-0.3, -0.25) is 9.36 Å². The van der Waals surface area contributed by atoms with Crippen molar-refractivity contribution in [3.63, 3.8) is 0 Å². The number of nitrogens with one attached hydrogen (secondary N) is 1. The lowest BCUT2D eigenvalue weighted by atomic mass is 10.1. The summed E-state index contributed by atoms with van der Waals surface area (Å²) in [5.41, 5.74) is 5.60. The third kappa shape index (κ3) is 5.77. The van der Waals surface area contributed by atoms with Crippen molar-refractivity contribution in [2.75, 3.05) is 5.75 Å². The first kappa shape index (κ1) is 23.8. The molecule has 0 bridgehead atoms. The van der Waals surface area contributed by atoms with E-state index in [0.717, 1.165) is 16.8 Å². The predicted molar refractivity (Wildman–Crippen MR) is 136 cm³/mol. The number of carbonyl (C=O) groups excluding carboxylic acids is 1. The molecule has 0 unspecified atom stereocenters. The molecule has 0 fully saturated rings.